The minimum absolute atomic E-state index is 0.273. The van der Waals surface area contributed by atoms with Gasteiger partial charge in [0, 0.05) is 6.54 Å². The van der Waals surface area contributed by atoms with Crippen molar-refractivity contribution < 1.29 is 9.90 Å². The summed E-state index contributed by atoms with van der Waals surface area (Å²) in [6, 6.07) is 3.36. The van der Waals surface area contributed by atoms with E-state index in [9.17, 15) is 4.79 Å². The molecule has 1 aliphatic heterocycles. The second-order valence-corrected chi connectivity index (χ2v) is 5.80. The maximum Gasteiger partial charge on any atom is 0.337 e. The molecule has 0 radical (unpaired) electrons. The number of carboxylic acids is 1. The Morgan fingerprint density at radius 1 is 1.50 bits per heavy atom. The second kappa shape index (κ2) is 6.09. The number of aryl methyl sites for hydroxylation is 1. The Kier molecular flexibility index (Phi) is 4.47. The Bertz CT molecular complexity index is 431. The largest absolute Gasteiger partial charge is 0.478 e. The zero-order valence-corrected chi connectivity index (χ0v) is 11.3. The molecule has 4 nitrogen and oxygen atoms in total. The summed E-state index contributed by atoms with van der Waals surface area (Å²) in [5, 5.41) is 12.2. The van der Waals surface area contributed by atoms with Gasteiger partial charge in [0.15, 0.2) is 0 Å². The lowest BCUT2D eigenvalue weighted by Gasteiger charge is -2.21. The van der Waals surface area contributed by atoms with Crippen LogP contribution in [0.1, 0.15) is 28.9 Å². The van der Waals surface area contributed by atoms with Crippen LogP contribution in [0.2, 0.25) is 0 Å². The lowest BCUT2D eigenvalue weighted by molar-refractivity contribution is 0.0695. The number of hydrogen-bond donors (Lipinski definition) is 2. The van der Waals surface area contributed by atoms with Crippen molar-refractivity contribution in [2.45, 2.75) is 19.8 Å². The van der Waals surface area contributed by atoms with Crippen LogP contribution in [0.5, 0.6) is 0 Å². The average Bonchev–Trinajstić information content (AvgIpc) is 2.37. The van der Waals surface area contributed by atoms with Crippen LogP contribution in [0.4, 0.5) is 5.82 Å². The van der Waals surface area contributed by atoms with Gasteiger partial charge in [-0.25, -0.2) is 9.78 Å². The van der Waals surface area contributed by atoms with E-state index in [0.717, 1.165) is 12.4 Å². The van der Waals surface area contributed by atoms with Gasteiger partial charge in [0.1, 0.15) is 5.82 Å². The van der Waals surface area contributed by atoms with Crippen molar-refractivity contribution >= 4 is 23.5 Å². The quantitative estimate of drug-likeness (QED) is 0.877. The molecule has 98 valence electrons. The molecule has 0 atom stereocenters. The summed E-state index contributed by atoms with van der Waals surface area (Å²) in [4.78, 5) is 15.2. The number of anilines is 1. The van der Waals surface area contributed by atoms with Gasteiger partial charge in [-0.15, -0.1) is 0 Å². The number of carbonyl (C=O) groups is 1. The fourth-order valence-corrected chi connectivity index (χ4v) is 3.29. The van der Waals surface area contributed by atoms with Crippen molar-refractivity contribution in [1.29, 1.82) is 0 Å². The normalized spacial score (nSPS) is 16.5. The van der Waals surface area contributed by atoms with Gasteiger partial charge in [-0.05, 0) is 49.3 Å². The fourth-order valence-electron chi connectivity index (χ4n) is 2.08. The van der Waals surface area contributed by atoms with Crippen molar-refractivity contribution in [3.8, 4) is 0 Å². The van der Waals surface area contributed by atoms with Gasteiger partial charge in [-0.1, -0.05) is 0 Å². The lowest BCUT2D eigenvalue weighted by atomic mass is 10.0. The molecule has 2 heterocycles. The summed E-state index contributed by atoms with van der Waals surface area (Å²) < 4.78 is 0. The molecule has 0 unspecified atom stereocenters. The maximum atomic E-state index is 10.9. The Labute approximate surface area is 111 Å². The summed E-state index contributed by atoms with van der Waals surface area (Å²) >= 11 is 2.02. The molecule has 2 N–H and O–H groups in total. The molecule has 5 heteroatoms. The summed E-state index contributed by atoms with van der Waals surface area (Å²) in [7, 11) is 0. The van der Waals surface area contributed by atoms with Gasteiger partial charge in [0.2, 0.25) is 0 Å². The lowest BCUT2D eigenvalue weighted by Crippen LogP contribution is -2.19. The molecule has 18 heavy (non-hydrogen) atoms. The van der Waals surface area contributed by atoms with Crippen molar-refractivity contribution in [3.63, 3.8) is 0 Å². The third-order valence-corrected chi connectivity index (χ3v) is 4.28. The molecule has 0 aliphatic carbocycles. The maximum absolute atomic E-state index is 10.9. The van der Waals surface area contributed by atoms with Crippen LogP contribution in [0.3, 0.4) is 0 Å². The first kappa shape index (κ1) is 13.2. The van der Waals surface area contributed by atoms with E-state index in [0.29, 0.717) is 11.6 Å². The summed E-state index contributed by atoms with van der Waals surface area (Å²) in [5.41, 5.74) is 0.835. The molecular formula is C13H18N2O2S. The molecular weight excluding hydrogens is 248 g/mol. The highest BCUT2D eigenvalue weighted by Crippen LogP contribution is 2.23. The Hall–Kier alpha value is -1.23. The predicted molar refractivity (Wildman–Crippen MR) is 74.5 cm³/mol. The SMILES string of the molecule is Cc1nc(NCC2CCSCC2)ccc1C(=O)O. The summed E-state index contributed by atoms with van der Waals surface area (Å²) in [5.74, 6) is 3.06. The first-order valence-corrected chi connectivity index (χ1v) is 7.35. The molecule has 2 rings (SSSR count). The van der Waals surface area contributed by atoms with Gasteiger partial charge in [-0.3, -0.25) is 0 Å². The van der Waals surface area contributed by atoms with Crippen LogP contribution in [-0.2, 0) is 0 Å². The Morgan fingerprint density at radius 2 is 2.22 bits per heavy atom. The summed E-state index contributed by atoms with van der Waals surface area (Å²) in [6.07, 6.45) is 2.51. The van der Waals surface area contributed by atoms with Gasteiger partial charge >= 0.3 is 5.97 Å². The molecule has 0 amide bonds. The van der Waals surface area contributed by atoms with Gasteiger partial charge in [0.05, 0.1) is 11.3 Å². The molecule has 0 aromatic carbocycles. The van der Waals surface area contributed by atoms with E-state index < -0.39 is 5.97 Å². The number of hydrogen-bond acceptors (Lipinski definition) is 4. The monoisotopic (exact) mass is 266 g/mol. The van der Waals surface area contributed by atoms with Crippen molar-refractivity contribution in [2.24, 2.45) is 5.92 Å². The standard InChI is InChI=1S/C13H18N2O2S/c1-9-11(13(16)17)2-3-12(15-9)14-8-10-4-6-18-7-5-10/h2-3,10H,4-8H2,1H3,(H,14,15)(H,16,17). The first-order chi connectivity index (χ1) is 8.66. The van der Waals surface area contributed by atoms with Gasteiger partial charge < -0.3 is 10.4 Å². The Morgan fingerprint density at radius 3 is 2.83 bits per heavy atom. The minimum Gasteiger partial charge on any atom is -0.478 e. The molecule has 1 saturated heterocycles. The van der Waals surface area contributed by atoms with Crippen LogP contribution < -0.4 is 5.32 Å². The summed E-state index contributed by atoms with van der Waals surface area (Å²) in [6.45, 7) is 2.66. The van der Waals surface area contributed by atoms with E-state index in [1.807, 2.05) is 11.8 Å². The van der Waals surface area contributed by atoms with E-state index in [2.05, 4.69) is 10.3 Å². The highest BCUT2D eigenvalue weighted by Gasteiger charge is 2.14. The topological polar surface area (TPSA) is 62.2 Å². The second-order valence-electron chi connectivity index (χ2n) is 4.57. The molecule has 1 aliphatic rings. The van der Waals surface area contributed by atoms with Crippen LogP contribution >= 0.6 is 11.8 Å². The highest BCUT2D eigenvalue weighted by molar-refractivity contribution is 7.99. The van der Waals surface area contributed by atoms with Gasteiger partial charge in [0.25, 0.3) is 0 Å². The number of nitrogens with zero attached hydrogens (tertiary/aromatic N) is 1. The van der Waals surface area contributed by atoms with Crippen LogP contribution in [0.15, 0.2) is 12.1 Å². The predicted octanol–water partition coefficient (Wildman–Crippen LogP) is 2.64. The molecule has 1 aromatic heterocycles. The third-order valence-electron chi connectivity index (χ3n) is 3.23. The zero-order valence-electron chi connectivity index (χ0n) is 10.5. The minimum atomic E-state index is -0.921. The number of pyridine rings is 1. The fraction of sp³-hybridized carbons (Fsp3) is 0.538. The zero-order chi connectivity index (χ0) is 13.0. The number of aromatic nitrogens is 1. The molecule has 1 aromatic rings. The highest BCUT2D eigenvalue weighted by atomic mass is 32.2. The number of rotatable bonds is 4. The van der Waals surface area contributed by atoms with E-state index >= 15 is 0 Å². The van der Waals surface area contributed by atoms with Crippen LogP contribution in [0.25, 0.3) is 0 Å². The number of thioether (sulfide) groups is 1. The van der Waals surface area contributed by atoms with E-state index in [4.69, 9.17) is 5.11 Å². The Balaban J connectivity index is 1.93. The smallest absolute Gasteiger partial charge is 0.337 e. The van der Waals surface area contributed by atoms with E-state index in [1.54, 1.807) is 19.1 Å². The number of carboxylic acid groups (broad SMARTS) is 1. The van der Waals surface area contributed by atoms with Crippen LogP contribution in [0, 0.1) is 12.8 Å². The van der Waals surface area contributed by atoms with Crippen LogP contribution in [-0.4, -0.2) is 34.1 Å². The molecule has 0 spiro atoms. The molecule has 1 fully saturated rings. The molecule has 0 saturated carbocycles. The van der Waals surface area contributed by atoms with E-state index in [-0.39, 0.29) is 5.56 Å². The van der Waals surface area contributed by atoms with Crippen molar-refractivity contribution in [1.82, 2.24) is 4.98 Å². The number of nitrogens with one attached hydrogen (secondary N) is 1. The third kappa shape index (κ3) is 3.38. The first-order valence-electron chi connectivity index (χ1n) is 6.19. The van der Waals surface area contributed by atoms with E-state index in [1.165, 1.54) is 24.3 Å². The van der Waals surface area contributed by atoms with Gasteiger partial charge in [-0.2, -0.15) is 11.8 Å². The van der Waals surface area contributed by atoms with Crippen molar-refractivity contribution in [3.05, 3.63) is 23.4 Å². The average molecular weight is 266 g/mol. The van der Waals surface area contributed by atoms with Crippen molar-refractivity contribution in [2.75, 3.05) is 23.4 Å². The number of aromatic carboxylic acids is 1. The molecule has 0 bridgehead atoms.